The number of amides is 2. The van der Waals surface area contributed by atoms with Crippen molar-refractivity contribution in [3.8, 4) is 0 Å². The second kappa shape index (κ2) is 7.79. The summed E-state index contributed by atoms with van der Waals surface area (Å²) in [5.74, 6) is 0.985. The molecule has 0 atom stereocenters. The van der Waals surface area contributed by atoms with Crippen molar-refractivity contribution in [3.63, 3.8) is 0 Å². The Kier molecular flexibility index (Phi) is 5.03. The number of benzene rings is 2. The summed E-state index contributed by atoms with van der Waals surface area (Å²) in [4.78, 5) is 17.0. The second-order valence-corrected chi connectivity index (χ2v) is 7.14. The largest absolute Gasteiger partial charge is 0.331 e. The van der Waals surface area contributed by atoms with Crippen LogP contribution in [0.2, 0.25) is 0 Å². The number of fused-ring (bicyclic) bond motifs is 1. The van der Waals surface area contributed by atoms with E-state index in [9.17, 15) is 4.79 Å². The maximum Gasteiger partial charge on any atom is 0.323 e. The van der Waals surface area contributed by atoms with Gasteiger partial charge in [0, 0.05) is 37.1 Å². The number of aryl methyl sites for hydroxylation is 5. The summed E-state index contributed by atoms with van der Waals surface area (Å²) in [6.45, 7) is 4.84. The molecule has 0 unspecified atom stereocenters. The van der Waals surface area contributed by atoms with Crippen LogP contribution in [0.1, 0.15) is 17.2 Å². The molecule has 0 radical (unpaired) electrons. The molecular weight excluding hydrogens is 364 g/mol. The zero-order chi connectivity index (χ0) is 20.4. The lowest BCUT2D eigenvalue weighted by molar-refractivity contribution is 0.262. The van der Waals surface area contributed by atoms with E-state index in [0.29, 0.717) is 5.69 Å². The minimum absolute atomic E-state index is 0.281. The van der Waals surface area contributed by atoms with Gasteiger partial charge in [-0.25, -0.2) is 9.78 Å². The third kappa shape index (κ3) is 4.13. The predicted octanol–water partition coefficient (Wildman–Crippen LogP) is 4.27. The van der Waals surface area contributed by atoms with Gasteiger partial charge >= 0.3 is 6.03 Å². The molecule has 0 aliphatic carbocycles. The Bertz CT molecular complexity index is 1160. The summed E-state index contributed by atoms with van der Waals surface area (Å²) in [5.41, 5.74) is 5.51. The maximum atomic E-state index is 12.2. The van der Waals surface area contributed by atoms with Crippen LogP contribution in [0.5, 0.6) is 0 Å². The Balaban J connectivity index is 1.47. The molecule has 4 aromatic rings. The van der Waals surface area contributed by atoms with Crippen molar-refractivity contribution in [2.75, 3.05) is 10.6 Å². The van der Waals surface area contributed by atoms with E-state index in [1.165, 1.54) is 0 Å². The van der Waals surface area contributed by atoms with E-state index in [2.05, 4.69) is 33.3 Å². The standard InChI is InChI=1S/C22H24N6O/c1-15-13-16(2)28(26-15)12-11-21-25-19-14-18(9-10-20(19)27(21)3)24-22(29)23-17-7-5-4-6-8-17/h4-10,13-14H,11-12H2,1-3H3,(H2,23,24,29). The van der Waals surface area contributed by atoms with E-state index in [4.69, 9.17) is 4.98 Å². The Morgan fingerprint density at radius 1 is 1.00 bits per heavy atom. The number of carbonyl (C=O) groups is 1. The summed E-state index contributed by atoms with van der Waals surface area (Å²) in [6.07, 6.45) is 0.782. The molecule has 2 aromatic heterocycles. The van der Waals surface area contributed by atoms with Crippen LogP contribution in [0.3, 0.4) is 0 Å². The predicted molar refractivity (Wildman–Crippen MR) is 115 cm³/mol. The number of urea groups is 1. The minimum atomic E-state index is -0.281. The second-order valence-electron chi connectivity index (χ2n) is 7.14. The molecule has 148 valence electrons. The normalized spacial score (nSPS) is 11.0. The first-order chi connectivity index (χ1) is 14.0. The number of nitrogens with zero attached hydrogens (tertiary/aromatic N) is 4. The van der Waals surface area contributed by atoms with Gasteiger partial charge < -0.3 is 15.2 Å². The van der Waals surface area contributed by atoms with Gasteiger partial charge in [-0.3, -0.25) is 4.68 Å². The Hall–Kier alpha value is -3.61. The SMILES string of the molecule is Cc1cc(C)n(CCc2nc3cc(NC(=O)Nc4ccccc4)ccc3n2C)n1. The molecule has 0 fully saturated rings. The topological polar surface area (TPSA) is 76.8 Å². The van der Waals surface area contributed by atoms with Crippen LogP contribution < -0.4 is 10.6 Å². The highest BCUT2D eigenvalue weighted by Gasteiger charge is 2.11. The highest BCUT2D eigenvalue weighted by molar-refractivity contribution is 6.00. The Labute approximate surface area is 169 Å². The van der Waals surface area contributed by atoms with Crippen molar-refractivity contribution < 1.29 is 4.79 Å². The van der Waals surface area contributed by atoms with E-state index in [1.807, 2.05) is 67.2 Å². The van der Waals surface area contributed by atoms with E-state index in [0.717, 1.165) is 46.9 Å². The van der Waals surface area contributed by atoms with Crippen molar-refractivity contribution in [3.05, 3.63) is 71.8 Å². The first kappa shape index (κ1) is 18.7. The molecule has 0 aliphatic rings. The number of hydrogen-bond acceptors (Lipinski definition) is 3. The van der Waals surface area contributed by atoms with Crippen molar-refractivity contribution in [1.82, 2.24) is 19.3 Å². The Morgan fingerprint density at radius 3 is 2.48 bits per heavy atom. The molecule has 2 amide bonds. The third-order valence-corrected chi connectivity index (χ3v) is 4.91. The number of hydrogen-bond donors (Lipinski definition) is 2. The maximum absolute atomic E-state index is 12.2. The van der Waals surface area contributed by atoms with Crippen LogP contribution in [0.25, 0.3) is 11.0 Å². The number of rotatable bonds is 5. The highest BCUT2D eigenvalue weighted by Crippen LogP contribution is 2.20. The molecule has 2 heterocycles. The minimum Gasteiger partial charge on any atom is -0.331 e. The van der Waals surface area contributed by atoms with Crippen LogP contribution in [0.15, 0.2) is 54.6 Å². The third-order valence-electron chi connectivity index (χ3n) is 4.91. The van der Waals surface area contributed by atoms with Crippen LogP contribution in [0.4, 0.5) is 16.2 Å². The van der Waals surface area contributed by atoms with Gasteiger partial charge in [-0.2, -0.15) is 5.10 Å². The number of anilines is 2. The highest BCUT2D eigenvalue weighted by atomic mass is 16.2. The van der Waals surface area contributed by atoms with Crippen LogP contribution in [-0.4, -0.2) is 25.4 Å². The van der Waals surface area contributed by atoms with E-state index in [1.54, 1.807) is 0 Å². The number of aromatic nitrogens is 4. The fourth-order valence-electron chi connectivity index (χ4n) is 3.47. The first-order valence-electron chi connectivity index (χ1n) is 9.59. The van der Waals surface area contributed by atoms with Crippen molar-refractivity contribution in [1.29, 1.82) is 0 Å². The fraction of sp³-hybridized carbons (Fsp3) is 0.227. The average molecular weight is 388 g/mol. The summed E-state index contributed by atoms with van der Waals surface area (Å²) in [7, 11) is 2.01. The lowest BCUT2D eigenvalue weighted by Crippen LogP contribution is -2.19. The van der Waals surface area contributed by atoms with Gasteiger partial charge in [0.05, 0.1) is 16.7 Å². The number of carbonyl (C=O) groups excluding carboxylic acids is 1. The summed E-state index contributed by atoms with van der Waals surface area (Å²) < 4.78 is 4.10. The summed E-state index contributed by atoms with van der Waals surface area (Å²) in [5, 5.41) is 10.2. The lowest BCUT2D eigenvalue weighted by atomic mass is 10.2. The molecule has 0 aliphatic heterocycles. The smallest absolute Gasteiger partial charge is 0.323 e. The van der Waals surface area contributed by atoms with E-state index in [-0.39, 0.29) is 6.03 Å². The molecule has 0 saturated heterocycles. The molecule has 4 rings (SSSR count). The molecule has 0 saturated carbocycles. The van der Waals surface area contributed by atoms with Gasteiger partial charge in [0.25, 0.3) is 0 Å². The van der Waals surface area contributed by atoms with Crippen molar-refractivity contribution >= 4 is 28.4 Å². The van der Waals surface area contributed by atoms with Gasteiger partial charge in [0.15, 0.2) is 0 Å². The zero-order valence-electron chi connectivity index (χ0n) is 16.8. The van der Waals surface area contributed by atoms with Crippen LogP contribution in [-0.2, 0) is 20.0 Å². The molecule has 0 bridgehead atoms. The average Bonchev–Trinajstić information content (AvgIpc) is 3.18. The van der Waals surface area contributed by atoms with Crippen LogP contribution >= 0.6 is 0 Å². The monoisotopic (exact) mass is 388 g/mol. The molecule has 7 heteroatoms. The van der Waals surface area contributed by atoms with Gasteiger partial charge in [-0.05, 0) is 50.2 Å². The fourth-order valence-corrected chi connectivity index (χ4v) is 3.47. The molecular formula is C22H24N6O. The van der Waals surface area contributed by atoms with Gasteiger partial charge in [-0.1, -0.05) is 18.2 Å². The van der Waals surface area contributed by atoms with E-state index < -0.39 is 0 Å². The zero-order valence-corrected chi connectivity index (χ0v) is 16.8. The number of para-hydroxylation sites is 1. The molecule has 2 aromatic carbocycles. The van der Waals surface area contributed by atoms with Gasteiger partial charge in [0.2, 0.25) is 0 Å². The molecule has 0 spiro atoms. The summed E-state index contributed by atoms with van der Waals surface area (Å²) >= 11 is 0. The number of imidazole rings is 1. The molecule has 7 nitrogen and oxygen atoms in total. The van der Waals surface area contributed by atoms with Gasteiger partial charge in [-0.15, -0.1) is 0 Å². The molecule has 29 heavy (non-hydrogen) atoms. The summed E-state index contributed by atoms with van der Waals surface area (Å²) in [6, 6.07) is 16.9. The molecule has 2 N–H and O–H groups in total. The van der Waals surface area contributed by atoms with E-state index >= 15 is 0 Å². The Morgan fingerprint density at radius 2 is 1.76 bits per heavy atom. The van der Waals surface area contributed by atoms with Crippen molar-refractivity contribution in [2.24, 2.45) is 7.05 Å². The first-order valence-corrected chi connectivity index (χ1v) is 9.59. The van der Waals surface area contributed by atoms with Crippen LogP contribution in [0, 0.1) is 13.8 Å². The lowest BCUT2D eigenvalue weighted by Gasteiger charge is -2.07. The number of nitrogens with one attached hydrogen (secondary N) is 2. The van der Waals surface area contributed by atoms with Crippen molar-refractivity contribution in [2.45, 2.75) is 26.8 Å². The van der Waals surface area contributed by atoms with Gasteiger partial charge in [0.1, 0.15) is 5.82 Å². The quantitative estimate of drug-likeness (QED) is 0.536.